The van der Waals surface area contributed by atoms with Gasteiger partial charge in [-0.3, -0.25) is 0 Å². The predicted octanol–water partition coefficient (Wildman–Crippen LogP) is 2.39. The number of hydrogen-bond donors (Lipinski definition) is 1. The third-order valence-electron chi connectivity index (χ3n) is 4.18. The predicted molar refractivity (Wildman–Crippen MR) is 79.2 cm³/mol. The first-order chi connectivity index (χ1) is 8.83. The van der Waals surface area contributed by atoms with Crippen molar-refractivity contribution in [1.82, 2.24) is 10.2 Å². The second kappa shape index (κ2) is 5.72. The average molecular weight is 309 g/mol. The fourth-order valence-corrected chi connectivity index (χ4v) is 3.74. The summed E-state index contributed by atoms with van der Waals surface area (Å²) in [7, 11) is 0. The lowest BCUT2D eigenvalue weighted by molar-refractivity contribution is 0.244. The van der Waals surface area contributed by atoms with Crippen molar-refractivity contribution in [2.75, 3.05) is 32.7 Å². The number of benzene rings is 1. The van der Waals surface area contributed by atoms with Gasteiger partial charge in [-0.15, -0.1) is 0 Å². The Morgan fingerprint density at radius 1 is 1.17 bits per heavy atom. The Hall–Kier alpha value is -0.380. The van der Waals surface area contributed by atoms with Crippen LogP contribution in [0.4, 0.5) is 0 Å². The highest BCUT2D eigenvalue weighted by Gasteiger charge is 2.17. The van der Waals surface area contributed by atoms with E-state index < -0.39 is 0 Å². The van der Waals surface area contributed by atoms with Crippen molar-refractivity contribution in [3.05, 3.63) is 33.3 Å². The van der Waals surface area contributed by atoms with Gasteiger partial charge in [0, 0.05) is 37.2 Å². The summed E-state index contributed by atoms with van der Waals surface area (Å²) in [5.74, 6) is 0. The Labute approximate surface area is 118 Å². The molecule has 3 rings (SSSR count). The molecule has 0 saturated carbocycles. The maximum absolute atomic E-state index is 3.66. The molecule has 0 atom stereocenters. The van der Waals surface area contributed by atoms with Crippen molar-refractivity contribution in [2.45, 2.75) is 25.7 Å². The lowest BCUT2D eigenvalue weighted by atomic mass is 10.0. The number of rotatable bonds is 3. The van der Waals surface area contributed by atoms with E-state index in [1.54, 1.807) is 16.7 Å². The molecule has 1 aliphatic carbocycles. The Bertz CT molecular complexity index is 425. The van der Waals surface area contributed by atoms with Crippen LogP contribution in [-0.2, 0) is 19.3 Å². The van der Waals surface area contributed by atoms with Crippen LogP contribution in [0.2, 0.25) is 0 Å². The first kappa shape index (κ1) is 12.6. The Morgan fingerprint density at radius 3 is 2.83 bits per heavy atom. The van der Waals surface area contributed by atoms with Gasteiger partial charge in [-0.05, 0) is 54.5 Å². The first-order valence-electron chi connectivity index (χ1n) is 7.06. The van der Waals surface area contributed by atoms with E-state index in [1.165, 1.54) is 49.8 Å². The van der Waals surface area contributed by atoms with Crippen molar-refractivity contribution in [2.24, 2.45) is 0 Å². The lowest BCUT2D eigenvalue weighted by Crippen LogP contribution is -2.44. The summed E-state index contributed by atoms with van der Waals surface area (Å²) in [6.45, 7) is 5.92. The summed E-state index contributed by atoms with van der Waals surface area (Å²) in [4.78, 5) is 2.58. The van der Waals surface area contributed by atoms with Crippen LogP contribution in [0.3, 0.4) is 0 Å². The Morgan fingerprint density at radius 2 is 2.00 bits per heavy atom. The second-order valence-corrected chi connectivity index (χ2v) is 6.31. The number of nitrogens with zero attached hydrogens (tertiary/aromatic N) is 1. The minimum Gasteiger partial charge on any atom is -0.314 e. The minimum atomic E-state index is 1.15. The van der Waals surface area contributed by atoms with Gasteiger partial charge >= 0.3 is 0 Å². The number of piperazine rings is 1. The van der Waals surface area contributed by atoms with Crippen molar-refractivity contribution >= 4 is 15.9 Å². The van der Waals surface area contributed by atoms with Gasteiger partial charge in [0.2, 0.25) is 0 Å². The molecule has 0 amide bonds. The highest BCUT2D eigenvalue weighted by Crippen LogP contribution is 2.29. The monoisotopic (exact) mass is 308 g/mol. The topological polar surface area (TPSA) is 15.3 Å². The summed E-state index contributed by atoms with van der Waals surface area (Å²) < 4.78 is 1.26. The lowest BCUT2D eigenvalue weighted by Gasteiger charge is -2.27. The van der Waals surface area contributed by atoms with Gasteiger partial charge in [0.1, 0.15) is 0 Å². The van der Waals surface area contributed by atoms with E-state index in [9.17, 15) is 0 Å². The van der Waals surface area contributed by atoms with Crippen molar-refractivity contribution in [3.8, 4) is 0 Å². The van der Waals surface area contributed by atoms with Crippen LogP contribution in [0.15, 0.2) is 16.6 Å². The molecule has 0 radical (unpaired) electrons. The number of fused-ring (bicyclic) bond motifs is 1. The molecule has 1 aliphatic heterocycles. The van der Waals surface area contributed by atoms with Crippen LogP contribution in [0.1, 0.15) is 23.1 Å². The summed E-state index contributed by atoms with van der Waals surface area (Å²) in [6, 6.07) is 4.66. The standard InChI is InChI=1S/C15H21BrN2/c16-14-10-12-2-1-3-15(12)13(11-14)4-7-18-8-5-17-6-9-18/h10-11,17H,1-9H2. The van der Waals surface area contributed by atoms with Crippen LogP contribution in [0, 0.1) is 0 Å². The van der Waals surface area contributed by atoms with Gasteiger partial charge < -0.3 is 10.2 Å². The van der Waals surface area contributed by atoms with Gasteiger partial charge in [0.25, 0.3) is 0 Å². The summed E-state index contributed by atoms with van der Waals surface area (Å²) in [5, 5.41) is 3.41. The molecule has 1 fully saturated rings. The summed E-state index contributed by atoms with van der Waals surface area (Å²) in [6.07, 6.45) is 5.11. The van der Waals surface area contributed by atoms with Gasteiger partial charge in [0.05, 0.1) is 0 Å². The van der Waals surface area contributed by atoms with E-state index in [2.05, 4.69) is 38.3 Å². The molecule has 1 heterocycles. The molecule has 1 aromatic rings. The van der Waals surface area contributed by atoms with E-state index in [1.807, 2.05) is 0 Å². The molecule has 2 nitrogen and oxygen atoms in total. The molecule has 1 aromatic carbocycles. The average Bonchev–Trinajstić information content (AvgIpc) is 2.85. The molecule has 98 valence electrons. The molecule has 18 heavy (non-hydrogen) atoms. The molecule has 2 aliphatic rings. The normalized spacial score (nSPS) is 20.1. The van der Waals surface area contributed by atoms with Crippen molar-refractivity contribution < 1.29 is 0 Å². The highest BCUT2D eigenvalue weighted by atomic mass is 79.9. The van der Waals surface area contributed by atoms with Crippen LogP contribution < -0.4 is 5.32 Å². The largest absolute Gasteiger partial charge is 0.314 e. The SMILES string of the molecule is Brc1cc2c(c(CCN3CCNCC3)c1)CCC2. The molecule has 0 bridgehead atoms. The van der Waals surface area contributed by atoms with E-state index in [0.717, 1.165) is 13.1 Å². The Kier molecular flexibility index (Phi) is 4.02. The third-order valence-corrected chi connectivity index (χ3v) is 4.64. The minimum absolute atomic E-state index is 1.15. The molecule has 3 heteroatoms. The fourth-order valence-electron chi connectivity index (χ4n) is 3.19. The van der Waals surface area contributed by atoms with E-state index in [4.69, 9.17) is 0 Å². The fraction of sp³-hybridized carbons (Fsp3) is 0.600. The van der Waals surface area contributed by atoms with E-state index in [-0.39, 0.29) is 0 Å². The van der Waals surface area contributed by atoms with Crippen molar-refractivity contribution in [1.29, 1.82) is 0 Å². The zero-order valence-corrected chi connectivity index (χ0v) is 12.4. The van der Waals surface area contributed by atoms with E-state index in [0.29, 0.717) is 0 Å². The maximum Gasteiger partial charge on any atom is 0.0180 e. The van der Waals surface area contributed by atoms with Crippen LogP contribution in [0.25, 0.3) is 0 Å². The zero-order chi connectivity index (χ0) is 12.4. The second-order valence-electron chi connectivity index (χ2n) is 5.40. The highest BCUT2D eigenvalue weighted by molar-refractivity contribution is 9.10. The number of halogens is 1. The molecule has 1 saturated heterocycles. The van der Waals surface area contributed by atoms with E-state index >= 15 is 0 Å². The quantitative estimate of drug-likeness (QED) is 0.922. The van der Waals surface area contributed by atoms with Gasteiger partial charge in [0.15, 0.2) is 0 Å². The van der Waals surface area contributed by atoms with Crippen LogP contribution in [-0.4, -0.2) is 37.6 Å². The molecule has 0 aromatic heterocycles. The first-order valence-corrected chi connectivity index (χ1v) is 7.85. The molecule has 0 unspecified atom stereocenters. The van der Waals surface area contributed by atoms with Crippen LogP contribution >= 0.6 is 15.9 Å². The maximum atomic E-state index is 3.66. The molecule has 1 N–H and O–H groups in total. The van der Waals surface area contributed by atoms with Gasteiger partial charge in [-0.1, -0.05) is 15.9 Å². The van der Waals surface area contributed by atoms with Crippen LogP contribution in [0.5, 0.6) is 0 Å². The molecular formula is C15H21BrN2. The molecule has 0 spiro atoms. The van der Waals surface area contributed by atoms with Gasteiger partial charge in [-0.2, -0.15) is 0 Å². The zero-order valence-electron chi connectivity index (χ0n) is 10.8. The third kappa shape index (κ3) is 2.79. The number of aryl methyl sites for hydroxylation is 1. The summed E-state index contributed by atoms with van der Waals surface area (Å²) >= 11 is 3.66. The number of nitrogens with one attached hydrogen (secondary N) is 1. The number of hydrogen-bond acceptors (Lipinski definition) is 2. The van der Waals surface area contributed by atoms with Gasteiger partial charge in [-0.25, -0.2) is 0 Å². The smallest absolute Gasteiger partial charge is 0.0180 e. The summed E-state index contributed by atoms with van der Waals surface area (Å²) in [5.41, 5.74) is 4.81. The Balaban J connectivity index is 1.68. The molecular weight excluding hydrogens is 288 g/mol. The van der Waals surface area contributed by atoms with Crippen molar-refractivity contribution in [3.63, 3.8) is 0 Å².